The number of likely N-dealkylation sites (tertiary alicyclic amines) is 1. The molecule has 0 aliphatic carbocycles. The number of hydrogen-bond donors (Lipinski definition) is 2. The molecule has 2 heterocycles. The first-order chi connectivity index (χ1) is 14.2. The lowest BCUT2D eigenvalue weighted by Crippen LogP contribution is -2.34. The summed E-state index contributed by atoms with van der Waals surface area (Å²) in [5.74, 6) is 0.191. The van der Waals surface area contributed by atoms with Gasteiger partial charge in [0.1, 0.15) is 0 Å². The van der Waals surface area contributed by atoms with Gasteiger partial charge in [-0.25, -0.2) is 4.98 Å². The molecule has 0 bridgehead atoms. The number of rotatable bonds is 6. The van der Waals surface area contributed by atoms with Gasteiger partial charge in [-0.3, -0.25) is 14.5 Å². The van der Waals surface area contributed by atoms with Crippen molar-refractivity contribution in [3.63, 3.8) is 0 Å². The van der Waals surface area contributed by atoms with E-state index in [9.17, 15) is 9.59 Å². The highest BCUT2D eigenvalue weighted by atomic mass is 32.1. The highest BCUT2D eigenvalue weighted by molar-refractivity contribution is 7.13. The molecule has 6 nitrogen and oxygen atoms in total. The average Bonchev–Trinajstić information content (AvgIpc) is 3.12. The third-order valence-corrected chi connectivity index (χ3v) is 6.15. The van der Waals surface area contributed by atoms with E-state index in [1.165, 1.54) is 24.2 Å². The Morgan fingerprint density at radius 1 is 1.23 bits per heavy atom. The summed E-state index contributed by atoms with van der Waals surface area (Å²) in [5, 5.41) is 8.01. The number of anilines is 1. The summed E-state index contributed by atoms with van der Waals surface area (Å²) in [7, 11) is 0. The highest BCUT2D eigenvalue weighted by Crippen LogP contribution is 2.22. The molecule has 7 heteroatoms. The fourth-order valence-corrected chi connectivity index (χ4v) is 4.36. The average molecular weight is 429 g/mol. The van der Waals surface area contributed by atoms with Crippen molar-refractivity contribution in [2.45, 2.75) is 52.5 Å². The largest absolute Gasteiger partial charge is 0.343 e. The standard InChI is InChI=1S/C23H32N4O2S/c1-16-6-5-11-27(13-16)14-19-15-30-22(25-19)26-20(28)12-24-21(29)17-7-9-18(10-8-17)23(2,3)4/h7-10,15-16H,5-6,11-14H2,1-4H3,(H,24,29)(H,25,26,28)/t16-/m0/s1. The van der Waals surface area contributed by atoms with Crippen molar-refractivity contribution in [2.75, 3.05) is 25.0 Å². The number of hydrogen-bond acceptors (Lipinski definition) is 5. The number of benzene rings is 1. The summed E-state index contributed by atoms with van der Waals surface area (Å²) >= 11 is 1.42. The van der Waals surface area contributed by atoms with E-state index in [-0.39, 0.29) is 23.8 Å². The van der Waals surface area contributed by atoms with Crippen LogP contribution in [0.4, 0.5) is 5.13 Å². The summed E-state index contributed by atoms with van der Waals surface area (Å²) in [5.41, 5.74) is 2.72. The van der Waals surface area contributed by atoms with Gasteiger partial charge in [-0.15, -0.1) is 11.3 Å². The lowest BCUT2D eigenvalue weighted by Gasteiger charge is -2.30. The Kier molecular flexibility index (Phi) is 7.26. The van der Waals surface area contributed by atoms with E-state index in [2.05, 4.69) is 48.2 Å². The second-order valence-electron chi connectivity index (χ2n) is 9.18. The van der Waals surface area contributed by atoms with Gasteiger partial charge < -0.3 is 10.6 Å². The third kappa shape index (κ3) is 6.37. The Morgan fingerprint density at radius 3 is 2.63 bits per heavy atom. The minimum atomic E-state index is -0.276. The van der Waals surface area contributed by atoms with Crippen LogP contribution in [-0.4, -0.2) is 41.3 Å². The molecule has 2 N–H and O–H groups in total. The molecule has 30 heavy (non-hydrogen) atoms. The summed E-state index contributed by atoms with van der Waals surface area (Å²) in [6.45, 7) is 11.6. The van der Waals surface area contributed by atoms with Gasteiger partial charge in [-0.05, 0) is 48.4 Å². The van der Waals surface area contributed by atoms with Gasteiger partial charge >= 0.3 is 0 Å². The van der Waals surface area contributed by atoms with Gasteiger partial charge in [-0.2, -0.15) is 0 Å². The molecule has 1 aromatic carbocycles. The Balaban J connectivity index is 1.45. The SMILES string of the molecule is C[C@H]1CCCN(Cc2csc(NC(=O)CNC(=O)c3ccc(C(C)(C)C)cc3)n2)C1. The number of thiazole rings is 1. The van der Waals surface area contributed by atoms with E-state index < -0.39 is 0 Å². The first-order valence-electron chi connectivity index (χ1n) is 10.6. The molecule has 1 fully saturated rings. The minimum Gasteiger partial charge on any atom is -0.343 e. The molecule has 1 aromatic heterocycles. The summed E-state index contributed by atoms with van der Waals surface area (Å²) < 4.78 is 0. The molecular formula is C23H32N4O2S. The number of carbonyl (C=O) groups is 2. The molecule has 1 atom stereocenters. The molecule has 162 valence electrons. The predicted octanol–water partition coefficient (Wildman–Crippen LogP) is 4.04. The van der Waals surface area contributed by atoms with E-state index in [0.29, 0.717) is 10.7 Å². The topological polar surface area (TPSA) is 74.3 Å². The summed E-state index contributed by atoms with van der Waals surface area (Å²) in [6, 6.07) is 7.50. The van der Waals surface area contributed by atoms with Crippen molar-refractivity contribution >= 4 is 28.3 Å². The van der Waals surface area contributed by atoms with Gasteiger partial charge in [0, 0.05) is 24.0 Å². The fourth-order valence-electron chi connectivity index (χ4n) is 3.64. The van der Waals surface area contributed by atoms with Gasteiger partial charge in [0.25, 0.3) is 5.91 Å². The van der Waals surface area contributed by atoms with Gasteiger partial charge in [-0.1, -0.05) is 39.8 Å². The first kappa shape index (κ1) is 22.4. The maximum atomic E-state index is 12.3. The minimum absolute atomic E-state index is 0.0354. The molecule has 1 aliphatic heterocycles. The zero-order valence-electron chi connectivity index (χ0n) is 18.3. The van der Waals surface area contributed by atoms with Crippen molar-refractivity contribution < 1.29 is 9.59 Å². The van der Waals surface area contributed by atoms with Crippen LogP contribution in [0.3, 0.4) is 0 Å². The van der Waals surface area contributed by atoms with Crippen molar-refractivity contribution in [3.05, 3.63) is 46.5 Å². The van der Waals surface area contributed by atoms with Crippen LogP contribution in [0.25, 0.3) is 0 Å². The Hall–Kier alpha value is -2.25. The third-order valence-electron chi connectivity index (χ3n) is 5.35. The number of aromatic nitrogens is 1. The molecular weight excluding hydrogens is 396 g/mol. The smallest absolute Gasteiger partial charge is 0.251 e. The monoisotopic (exact) mass is 428 g/mol. The van der Waals surface area contributed by atoms with Crippen LogP contribution in [0, 0.1) is 5.92 Å². The summed E-state index contributed by atoms with van der Waals surface area (Å²) in [4.78, 5) is 31.4. The quantitative estimate of drug-likeness (QED) is 0.728. The highest BCUT2D eigenvalue weighted by Gasteiger charge is 2.18. The maximum absolute atomic E-state index is 12.3. The van der Waals surface area contributed by atoms with Crippen LogP contribution in [0.5, 0.6) is 0 Å². The molecule has 0 spiro atoms. The van der Waals surface area contributed by atoms with Crippen LogP contribution >= 0.6 is 11.3 Å². The van der Waals surface area contributed by atoms with Crippen LogP contribution in [0.2, 0.25) is 0 Å². The van der Waals surface area contributed by atoms with Gasteiger partial charge in [0.2, 0.25) is 5.91 Å². The number of carbonyl (C=O) groups excluding carboxylic acids is 2. The molecule has 2 amide bonds. The fraction of sp³-hybridized carbons (Fsp3) is 0.522. The van der Waals surface area contributed by atoms with Crippen LogP contribution < -0.4 is 10.6 Å². The zero-order valence-corrected chi connectivity index (χ0v) is 19.1. The van der Waals surface area contributed by atoms with Crippen LogP contribution in [0.15, 0.2) is 29.6 Å². The maximum Gasteiger partial charge on any atom is 0.251 e. The normalized spacial score (nSPS) is 17.5. The molecule has 2 aromatic rings. The molecule has 0 unspecified atom stereocenters. The molecule has 0 saturated carbocycles. The predicted molar refractivity (Wildman–Crippen MR) is 122 cm³/mol. The lowest BCUT2D eigenvalue weighted by atomic mass is 9.87. The Bertz CT molecular complexity index is 870. The second kappa shape index (κ2) is 9.71. The first-order valence-corrected chi connectivity index (χ1v) is 11.4. The van der Waals surface area contributed by atoms with Gasteiger partial charge in [0.15, 0.2) is 5.13 Å². The van der Waals surface area contributed by atoms with Crippen molar-refractivity contribution in [3.8, 4) is 0 Å². The molecule has 0 radical (unpaired) electrons. The van der Waals surface area contributed by atoms with Crippen molar-refractivity contribution in [2.24, 2.45) is 5.92 Å². The number of nitrogens with one attached hydrogen (secondary N) is 2. The number of nitrogens with zero attached hydrogens (tertiary/aromatic N) is 2. The van der Waals surface area contributed by atoms with E-state index in [4.69, 9.17) is 0 Å². The Labute approximate surface area is 183 Å². The van der Waals surface area contributed by atoms with Crippen molar-refractivity contribution in [1.82, 2.24) is 15.2 Å². The van der Waals surface area contributed by atoms with Crippen LogP contribution in [-0.2, 0) is 16.8 Å². The molecule has 1 aliphatic rings. The van der Waals surface area contributed by atoms with E-state index in [1.54, 1.807) is 12.1 Å². The molecule has 1 saturated heterocycles. The molecule has 3 rings (SSSR count). The van der Waals surface area contributed by atoms with Gasteiger partial charge in [0.05, 0.1) is 12.2 Å². The van der Waals surface area contributed by atoms with E-state index in [1.807, 2.05) is 17.5 Å². The van der Waals surface area contributed by atoms with Crippen molar-refractivity contribution in [1.29, 1.82) is 0 Å². The summed E-state index contributed by atoms with van der Waals surface area (Å²) in [6.07, 6.45) is 2.52. The van der Waals surface area contributed by atoms with Crippen LogP contribution in [0.1, 0.15) is 62.2 Å². The number of piperidine rings is 1. The lowest BCUT2D eigenvalue weighted by molar-refractivity contribution is -0.115. The van der Waals surface area contributed by atoms with E-state index >= 15 is 0 Å². The Morgan fingerprint density at radius 2 is 1.97 bits per heavy atom. The second-order valence-corrected chi connectivity index (χ2v) is 10.0. The van der Waals surface area contributed by atoms with E-state index in [0.717, 1.165) is 36.8 Å². The zero-order chi connectivity index (χ0) is 21.7. The number of amides is 2.